The highest BCUT2D eigenvalue weighted by molar-refractivity contribution is 6.46. The van der Waals surface area contributed by atoms with Crippen LogP contribution in [-0.4, -0.2) is 49.5 Å². The van der Waals surface area contributed by atoms with E-state index in [0.29, 0.717) is 23.7 Å². The fourth-order valence-electron chi connectivity index (χ4n) is 4.30. The molecule has 1 aliphatic heterocycles. The highest BCUT2D eigenvalue weighted by Crippen LogP contribution is 2.41. The molecule has 1 heterocycles. The Bertz CT molecular complexity index is 1260. The second-order valence-corrected chi connectivity index (χ2v) is 8.72. The standard InChI is InChI=1S/C29H30N2O5/c1-5-36-24-16-10-21(11-17-24)27(32)25-26(20-8-12-22(13-9-20)30(2)3)31(29(34)28(25)33)18-19-6-14-23(35-4)15-7-19/h6-17,26,32H,5,18H2,1-4H3/b27-25-. The van der Waals surface area contributed by atoms with Crippen LogP contribution in [0.3, 0.4) is 0 Å². The summed E-state index contributed by atoms with van der Waals surface area (Å²) in [5, 5.41) is 11.3. The van der Waals surface area contributed by atoms with Gasteiger partial charge in [0.2, 0.25) is 0 Å². The van der Waals surface area contributed by atoms with Gasteiger partial charge in [0.15, 0.2) is 0 Å². The van der Waals surface area contributed by atoms with Crippen LogP contribution in [0.15, 0.2) is 78.4 Å². The maximum absolute atomic E-state index is 13.3. The summed E-state index contributed by atoms with van der Waals surface area (Å²) in [6.07, 6.45) is 0. The van der Waals surface area contributed by atoms with E-state index in [1.165, 1.54) is 4.90 Å². The number of amides is 1. The van der Waals surface area contributed by atoms with E-state index in [1.807, 2.05) is 74.4 Å². The molecule has 36 heavy (non-hydrogen) atoms. The molecule has 1 atom stereocenters. The van der Waals surface area contributed by atoms with Gasteiger partial charge in [-0.3, -0.25) is 9.59 Å². The van der Waals surface area contributed by atoms with Crippen LogP contribution >= 0.6 is 0 Å². The number of Topliss-reactive ketones (excluding diaryl/α,β-unsaturated/α-hetero) is 1. The van der Waals surface area contributed by atoms with Crippen LogP contribution in [0.25, 0.3) is 5.76 Å². The molecule has 0 aliphatic carbocycles. The Morgan fingerprint density at radius 2 is 1.53 bits per heavy atom. The smallest absolute Gasteiger partial charge is 0.295 e. The number of hydrogen-bond acceptors (Lipinski definition) is 6. The number of ether oxygens (including phenoxy) is 2. The summed E-state index contributed by atoms with van der Waals surface area (Å²) in [6.45, 7) is 2.61. The predicted molar refractivity (Wildman–Crippen MR) is 139 cm³/mol. The van der Waals surface area contributed by atoms with E-state index in [0.717, 1.165) is 16.8 Å². The van der Waals surface area contributed by atoms with E-state index in [1.54, 1.807) is 31.4 Å². The lowest BCUT2D eigenvalue weighted by Gasteiger charge is -2.26. The van der Waals surface area contributed by atoms with Crippen LogP contribution in [0, 0.1) is 0 Å². The molecule has 4 rings (SSSR count). The summed E-state index contributed by atoms with van der Waals surface area (Å²) in [5.74, 6) is -0.219. The zero-order chi connectivity index (χ0) is 25.8. The number of rotatable bonds is 8. The molecule has 0 aromatic heterocycles. The molecule has 0 bridgehead atoms. The SMILES string of the molecule is CCOc1ccc(/C(O)=C2/C(=O)C(=O)N(Cc3ccc(OC)cc3)C2c2ccc(N(C)C)cc2)cc1. The molecule has 3 aromatic rings. The third-order valence-corrected chi connectivity index (χ3v) is 6.22. The average Bonchev–Trinajstić information content (AvgIpc) is 3.14. The van der Waals surface area contributed by atoms with Crippen LogP contribution in [0.5, 0.6) is 11.5 Å². The minimum Gasteiger partial charge on any atom is -0.507 e. The maximum Gasteiger partial charge on any atom is 0.295 e. The first-order valence-corrected chi connectivity index (χ1v) is 11.8. The van der Waals surface area contributed by atoms with Gasteiger partial charge >= 0.3 is 0 Å². The van der Waals surface area contributed by atoms with Crippen molar-refractivity contribution in [3.63, 3.8) is 0 Å². The quantitative estimate of drug-likeness (QED) is 0.280. The second-order valence-electron chi connectivity index (χ2n) is 8.72. The van der Waals surface area contributed by atoms with Crippen LogP contribution in [0.2, 0.25) is 0 Å². The van der Waals surface area contributed by atoms with Gasteiger partial charge in [0.05, 0.1) is 25.3 Å². The first-order valence-electron chi connectivity index (χ1n) is 11.8. The molecule has 1 saturated heterocycles. The van der Waals surface area contributed by atoms with Crippen LogP contribution in [-0.2, 0) is 16.1 Å². The molecule has 0 radical (unpaired) electrons. The molecular formula is C29H30N2O5. The van der Waals surface area contributed by atoms with Gasteiger partial charge in [-0.05, 0) is 66.6 Å². The third kappa shape index (κ3) is 4.91. The molecule has 1 amide bonds. The number of aliphatic hydroxyl groups is 1. The molecule has 7 heteroatoms. The molecule has 0 spiro atoms. The van der Waals surface area contributed by atoms with E-state index < -0.39 is 17.7 Å². The van der Waals surface area contributed by atoms with Crippen molar-refractivity contribution in [3.8, 4) is 11.5 Å². The minimum absolute atomic E-state index is 0.0651. The monoisotopic (exact) mass is 486 g/mol. The summed E-state index contributed by atoms with van der Waals surface area (Å²) in [4.78, 5) is 30.0. The van der Waals surface area contributed by atoms with Crippen molar-refractivity contribution in [2.75, 3.05) is 32.7 Å². The zero-order valence-electron chi connectivity index (χ0n) is 20.9. The molecule has 1 unspecified atom stereocenters. The van der Waals surface area contributed by atoms with E-state index in [9.17, 15) is 14.7 Å². The van der Waals surface area contributed by atoms with Gasteiger partial charge in [0, 0.05) is 31.9 Å². The minimum atomic E-state index is -0.741. The maximum atomic E-state index is 13.3. The molecule has 1 N–H and O–H groups in total. The Morgan fingerprint density at radius 3 is 2.08 bits per heavy atom. The number of hydrogen-bond donors (Lipinski definition) is 1. The lowest BCUT2D eigenvalue weighted by molar-refractivity contribution is -0.140. The highest BCUT2D eigenvalue weighted by atomic mass is 16.5. The Hall–Kier alpha value is -4.26. The lowest BCUT2D eigenvalue weighted by atomic mass is 9.95. The Morgan fingerprint density at radius 1 is 0.917 bits per heavy atom. The van der Waals surface area contributed by atoms with Crippen LogP contribution in [0.1, 0.15) is 29.7 Å². The number of methoxy groups -OCH3 is 1. The molecule has 1 fully saturated rings. The number of aliphatic hydroxyl groups excluding tert-OH is 1. The fourth-order valence-corrected chi connectivity index (χ4v) is 4.30. The van der Waals surface area contributed by atoms with Crippen LogP contribution in [0.4, 0.5) is 5.69 Å². The summed E-state index contributed by atoms with van der Waals surface area (Å²) in [6, 6.07) is 21.1. The normalized spacial score (nSPS) is 16.8. The number of anilines is 1. The number of likely N-dealkylation sites (tertiary alicyclic amines) is 1. The molecule has 3 aromatic carbocycles. The van der Waals surface area contributed by atoms with Gasteiger partial charge in [-0.25, -0.2) is 0 Å². The first kappa shape index (κ1) is 24.9. The Kier molecular flexibility index (Phi) is 7.29. The number of carbonyl (C=O) groups is 2. The van der Waals surface area contributed by atoms with Gasteiger partial charge in [-0.1, -0.05) is 24.3 Å². The Labute approximate surface area is 211 Å². The summed E-state index contributed by atoms with van der Waals surface area (Å²) in [5.41, 5.74) is 3.07. The van der Waals surface area contributed by atoms with Crippen molar-refractivity contribution in [3.05, 3.63) is 95.1 Å². The zero-order valence-corrected chi connectivity index (χ0v) is 20.9. The summed E-state index contributed by atoms with van der Waals surface area (Å²) >= 11 is 0. The topological polar surface area (TPSA) is 79.3 Å². The number of benzene rings is 3. The fraction of sp³-hybridized carbons (Fsp3) is 0.241. The molecular weight excluding hydrogens is 456 g/mol. The van der Waals surface area contributed by atoms with Crippen LogP contribution < -0.4 is 14.4 Å². The molecule has 7 nitrogen and oxygen atoms in total. The number of nitrogens with zero attached hydrogens (tertiary/aromatic N) is 2. The molecule has 186 valence electrons. The summed E-state index contributed by atoms with van der Waals surface area (Å²) < 4.78 is 10.7. The van der Waals surface area contributed by atoms with Gasteiger partial charge < -0.3 is 24.4 Å². The molecule has 1 aliphatic rings. The van der Waals surface area contributed by atoms with E-state index in [2.05, 4.69) is 0 Å². The van der Waals surface area contributed by atoms with Crippen molar-refractivity contribution in [1.29, 1.82) is 0 Å². The van der Waals surface area contributed by atoms with E-state index in [4.69, 9.17) is 9.47 Å². The second kappa shape index (κ2) is 10.6. The Balaban J connectivity index is 1.79. The lowest BCUT2D eigenvalue weighted by Crippen LogP contribution is -2.29. The van der Waals surface area contributed by atoms with E-state index >= 15 is 0 Å². The van der Waals surface area contributed by atoms with Crippen molar-refractivity contribution in [2.45, 2.75) is 19.5 Å². The van der Waals surface area contributed by atoms with Gasteiger partial charge in [-0.15, -0.1) is 0 Å². The number of carbonyl (C=O) groups excluding carboxylic acids is 2. The van der Waals surface area contributed by atoms with Crippen molar-refractivity contribution in [1.82, 2.24) is 4.90 Å². The van der Waals surface area contributed by atoms with Crippen molar-refractivity contribution < 1.29 is 24.2 Å². The third-order valence-electron chi connectivity index (χ3n) is 6.22. The predicted octanol–water partition coefficient (Wildman–Crippen LogP) is 4.78. The average molecular weight is 487 g/mol. The van der Waals surface area contributed by atoms with Gasteiger partial charge in [0.25, 0.3) is 11.7 Å². The number of ketones is 1. The van der Waals surface area contributed by atoms with Gasteiger partial charge in [-0.2, -0.15) is 0 Å². The van der Waals surface area contributed by atoms with Gasteiger partial charge in [0.1, 0.15) is 17.3 Å². The highest BCUT2D eigenvalue weighted by Gasteiger charge is 2.46. The first-order chi connectivity index (χ1) is 17.3. The van der Waals surface area contributed by atoms with Crippen molar-refractivity contribution >= 4 is 23.1 Å². The van der Waals surface area contributed by atoms with Crippen molar-refractivity contribution in [2.24, 2.45) is 0 Å². The van der Waals surface area contributed by atoms with E-state index in [-0.39, 0.29) is 17.9 Å². The summed E-state index contributed by atoms with van der Waals surface area (Å²) in [7, 11) is 5.47. The largest absolute Gasteiger partial charge is 0.507 e. The molecule has 0 saturated carbocycles.